The molecule has 100 valence electrons. The van der Waals surface area contributed by atoms with Gasteiger partial charge in [0.25, 0.3) is 0 Å². The van der Waals surface area contributed by atoms with Gasteiger partial charge >= 0.3 is 0 Å². The number of rotatable bonds is 5. The number of nitrogens with one attached hydrogen (secondary N) is 1. The van der Waals surface area contributed by atoms with Crippen LogP contribution in [0.1, 0.15) is 24.1 Å². The molecule has 1 unspecified atom stereocenters. The molecule has 4 heteroatoms. The fourth-order valence-corrected chi connectivity index (χ4v) is 2.94. The Bertz CT molecular complexity index is 542. The van der Waals surface area contributed by atoms with Crippen molar-refractivity contribution in [2.24, 2.45) is 12.9 Å². The van der Waals surface area contributed by atoms with Crippen molar-refractivity contribution in [2.45, 2.75) is 30.7 Å². The molecule has 1 fully saturated rings. The summed E-state index contributed by atoms with van der Waals surface area (Å²) < 4.78 is 1.84. The van der Waals surface area contributed by atoms with E-state index in [1.54, 1.807) is 0 Å². The highest BCUT2D eigenvalue weighted by Crippen LogP contribution is 2.51. The average molecular weight is 256 g/mol. The lowest BCUT2D eigenvalue weighted by Gasteiger charge is -2.26. The molecule has 1 heterocycles. The van der Waals surface area contributed by atoms with E-state index in [9.17, 15) is 0 Å². The third kappa shape index (κ3) is 2.29. The molecule has 1 atom stereocenters. The van der Waals surface area contributed by atoms with Gasteiger partial charge in [-0.15, -0.1) is 0 Å². The predicted octanol–water partition coefficient (Wildman–Crippen LogP) is 1.53. The Balaban J connectivity index is 1.82. The zero-order chi connectivity index (χ0) is 13.3. The van der Waals surface area contributed by atoms with Crippen molar-refractivity contribution >= 4 is 0 Å². The molecular weight excluding hydrogens is 236 g/mol. The number of aromatic nitrogens is 2. The molecule has 2 aromatic rings. The number of hydrazine groups is 1. The van der Waals surface area contributed by atoms with Crippen LogP contribution in [0.3, 0.4) is 0 Å². The van der Waals surface area contributed by atoms with E-state index in [2.05, 4.69) is 46.9 Å². The summed E-state index contributed by atoms with van der Waals surface area (Å²) in [6.45, 7) is 0. The van der Waals surface area contributed by atoms with Gasteiger partial charge in [-0.05, 0) is 24.5 Å². The van der Waals surface area contributed by atoms with Gasteiger partial charge in [0.1, 0.15) is 0 Å². The Morgan fingerprint density at radius 2 is 2.05 bits per heavy atom. The molecule has 1 aliphatic rings. The number of hydrogen-bond acceptors (Lipinski definition) is 3. The van der Waals surface area contributed by atoms with E-state index in [-0.39, 0.29) is 11.5 Å². The fourth-order valence-electron chi connectivity index (χ4n) is 2.94. The Kier molecular flexibility index (Phi) is 3.12. The zero-order valence-electron chi connectivity index (χ0n) is 11.2. The maximum atomic E-state index is 5.81. The summed E-state index contributed by atoms with van der Waals surface area (Å²) in [5.74, 6) is 5.81. The van der Waals surface area contributed by atoms with Crippen LogP contribution in [0.15, 0.2) is 42.6 Å². The molecule has 1 aromatic heterocycles. The van der Waals surface area contributed by atoms with Crippen molar-refractivity contribution in [3.63, 3.8) is 0 Å². The summed E-state index contributed by atoms with van der Waals surface area (Å²) in [6.07, 6.45) is 5.23. The summed E-state index contributed by atoms with van der Waals surface area (Å²) >= 11 is 0. The monoisotopic (exact) mass is 256 g/mol. The zero-order valence-corrected chi connectivity index (χ0v) is 11.2. The second-order valence-corrected chi connectivity index (χ2v) is 5.43. The van der Waals surface area contributed by atoms with Crippen molar-refractivity contribution in [3.05, 3.63) is 53.9 Å². The van der Waals surface area contributed by atoms with E-state index in [4.69, 9.17) is 5.84 Å². The number of nitrogens with two attached hydrogens (primary N) is 1. The van der Waals surface area contributed by atoms with Crippen LogP contribution in [0.4, 0.5) is 0 Å². The highest BCUT2D eigenvalue weighted by Gasteiger charge is 2.50. The minimum Gasteiger partial charge on any atom is -0.276 e. The quantitative estimate of drug-likeness (QED) is 0.630. The van der Waals surface area contributed by atoms with E-state index < -0.39 is 0 Å². The Hall–Kier alpha value is -1.65. The molecule has 3 N–H and O–H groups in total. The van der Waals surface area contributed by atoms with E-state index in [1.165, 1.54) is 18.4 Å². The van der Waals surface area contributed by atoms with Crippen molar-refractivity contribution in [2.75, 3.05) is 0 Å². The second-order valence-electron chi connectivity index (χ2n) is 5.43. The smallest absolute Gasteiger partial charge is 0.0640 e. The first-order valence-corrected chi connectivity index (χ1v) is 6.75. The van der Waals surface area contributed by atoms with E-state index in [1.807, 2.05) is 17.9 Å². The first-order chi connectivity index (χ1) is 9.24. The van der Waals surface area contributed by atoms with Crippen molar-refractivity contribution in [1.29, 1.82) is 0 Å². The predicted molar refractivity (Wildman–Crippen MR) is 75.4 cm³/mol. The van der Waals surface area contributed by atoms with Crippen LogP contribution >= 0.6 is 0 Å². The minimum absolute atomic E-state index is 0.188. The lowest BCUT2D eigenvalue weighted by Crippen LogP contribution is -2.45. The van der Waals surface area contributed by atoms with Crippen LogP contribution in [0.5, 0.6) is 0 Å². The molecule has 0 saturated heterocycles. The number of benzene rings is 1. The first kappa shape index (κ1) is 12.4. The lowest BCUT2D eigenvalue weighted by molar-refractivity contribution is 0.416. The third-order valence-electron chi connectivity index (χ3n) is 4.19. The Morgan fingerprint density at radius 1 is 1.32 bits per heavy atom. The number of hydrogen-bond donors (Lipinski definition) is 2. The van der Waals surface area contributed by atoms with E-state index >= 15 is 0 Å². The molecule has 19 heavy (non-hydrogen) atoms. The molecule has 0 bridgehead atoms. The maximum Gasteiger partial charge on any atom is 0.0640 e. The summed E-state index contributed by atoms with van der Waals surface area (Å²) in [7, 11) is 1.94. The standard InChI is InChI=1S/C15H20N4/c1-19-10-7-13(18-19)11-14(17-16)15(8-9-15)12-5-3-2-4-6-12/h2-7,10,14,17H,8-9,11,16H2,1H3. The first-order valence-electron chi connectivity index (χ1n) is 6.75. The summed E-state index contributed by atoms with van der Waals surface area (Å²) in [5, 5.41) is 4.45. The SMILES string of the molecule is Cn1ccc(CC(NN)C2(c3ccccc3)CC2)n1. The molecule has 1 saturated carbocycles. The van der Waals surface area contributed by atoms with Crippen molar-refractivity contribution < 1.29 is 0 Å². The molecule has 4 nitrogen and oxygen atoms in total. The highest BCUT2D eigenvalue weighted by molar-refractivity contribution is 5.34. The highest BCUT2D eigenvalue weighted by atomic mass is 15.3. The normalized spacial score (nSPS) is 18.2. The van der Waals surface area contributed by atoms with Crippen LogP contribution in [0, 0.1) is 0 Å². The molecule has 3 rings (SSSR count). The summed E-state index contributed by atoms with van der Waals surface area (Å²) in [6, 6.07) is 13.0. The molecule has 0 amide bonds. The van der Waals surface area contributed by atoms with Crippen LogP contribution in [-0.2, 0) is 18.9 Å². The molecule has 1 aromatic carbocycles. The Labute approximate surface area is 113 Å². The van der Waals surface area contributed by atoms with Gasteiger partial charge in [0.2, 0.25) is 0 Å². The van der Waals surface area contributed by atoms with Gasteiger partial charge in [-0.25, -0.2) is 0 Å². The topological polar surface area (TPSA) is 55.9 Å². The number of nitrogens with zero attached hydrogens (tertiary/aromatic N) is 2. The molecular formula is C15H20N4. The van der Waals surface area contributed by atoms with Crippen LogP contribution in [-0.4, -0.2) is 15.8 Å². The fraction of sp³-hybridized carbons (Fsp3) is 0.400. The average Bonchev–Trinajstić information content (AvgIpc) is 3.15. The number of aryl methyl sites for hydroxylation is 1. The molecule has 0 aliphatic heterocycles. The van der Waals surface area contributed by atoms with Gasteiger partial charge in [-0.3, -0.25) is 16.0 Å². The second kappa shape index (κ2) is 4.79. The van der Waals surface area contributed by atoms with Gasteiger partial charge in [-0.2, -0.15) is 5.10 Å². The molecule has 1 aliphatic carbocycles. The van der Waals surface area contributed by atoms with Crippen molar-refractivity contribution in [1.82, 2.24) is 15.2 Å². The van der Waals surface area contributed by atoms with E-state index in [0.29, 0.717) is 0 Å². The van der Waals surface area contributed by atoms with Gasteiger partial charge < -0.3 is 0 Å². The van der Waals surface area contributed by atoms with Gasteiger partial charge in [0.05, 0.1) is 5.69 Å². The van der Waals surface area contributed by atoms with Crippen molar-refractivity contribution in [3.8, 4) is 0 Å². The van der Waals surface area contributed by atoms with Crippen LogP contribution in [0.2, 0.25) is 0 Å². The molecule has 0 spiro atoms. The lowest BCUT2D eigenvalue weighted by atomic mass is 9.86. The summed E-state index contributed by atoms with van der Waals surface area (Å²) in [5.41, 5.74) is 5.67. The van der Waals surface area contributed by atoms with Crippen LogP contribution < -0.4 is 11.3 Å². The van der Waals surface area contributed by atoms with Gasteiger partial charge in [0.15, 0.2) is 0 Å². The third-order valence-corrected chi connectivity index (χ3v) is 4.19. The summed E-state index contributed by atoms with van der Waals surface area (Å²) in [4.78, 5) is 0. The molecule has 0 radical (unpaired) electrons. The Morgan fingerprint density at radius 3 is 2.58 bits per heavy atom. The van der Waals surface area contributed by atoms with E-state index in [0.717, 1.165) is 12.1 Å². The largest absolute Gasteiger partial charge is 0.276 e. The van der Waals surface area contributed by atoms with Gasteiger partial charge in [-0.1, -0.05) is 30.3 Å². The minimum atomic E-state index is 0.188. The maximum absolute atomic E-state index is 5.81. The van der Waals surface area contributed by atoms with Crippen LogP contribution in [0.25, 0.3) is 0 Å². The van der Waals surface area contributed by atoms with Gasteiger partial charge in [0, 0.05) is 31.1 Å².